The maximum atomic E-state index is 5.57. The maximum absolute atomic E-state index is 5.57. The predicted molar refractivity (Wildman–Crippen MR) is 109 cm³/mol. The number of hydrogen-bond acceptors (Lipinski definition) is 5. The molecule has 1 aliphatic rings. The largest absolute Gasteiger partial charge is 0.444 e. The van der Waals surface area contributed by atoms with E-state index >= 15 is 0 Å². The van der Waals surface area contributed by atoms with Gasteiger partial charge in [0.1, 0.15) is 6.26 Å². The maximum Gasteiger partial charge on any atom is 0.226 e. The van der Waals surface area contributed by atoms with Gasteiger partial charge in [0.25, 0.3) is 0 Å². The van der Waals surface area contributed by atoms with Crippen molar-refractivity contribution in [2.24, 2.45) is 4.99 Å². The molecule has 2 N–H and O–H groups in total. The summed E-state index contributed by atoms with van der Waals surface area (Å²) in [6.07, 6.45) is 1.69. The molecule has 2 heterocycles. The molecule has 1 fully saturated rings. The molecule has 1 aromatic carbocycles. The van der Waals surface area contributed by atoms with E-state index in [1.807, 2.05) is 30.3 Å². The van der Waals surface area contributed by atoms with E-state index in [-0.39, 0.29) is 0 Å². The Kier molecular flexibility index (Phi) is 7.24. The van der Waals surface area contributed by atoms with Crippen LogP contribution in [0.1, 0.15) is 12.6 Å². The topological polar surface area (TPSA) is 68.9 Å². The summed E-state index contributed by atoms with van der Waals surface area (Å²) in [5.41, 5.74) is 1.84. The van der Waals surface area contributed by atoms with Crippen LogP contribution < -0.4 is 10.6 Å². The summed E-state index contributed by atoms with van der Waals surface area (Å²) in [5, 5.41) is 6.67. The van der Waals surface area contributed by atoms with Gasteiger partial charge in [0.15, 0.2) is 5.96 Å². The van der Waals surface area contributed by atoms with E-state index < -0.39 is 0 Å². The molecule has 0 bridgehead atoms. The smallest absolute Gasteiger partial charge is 0.226 e. The Morgan fingerprint density at radius 2 is 1.85 bits per heavy atom. The van der Waals surface area contributed by atoms with Crippen molar-refractivity contribution in [2.75, 3.05) is 52.9 Å². The minimum absolute atomic E-state index is 0.575. The van der Waals surface area contributed by atoms with Gasteiger partial charge in [0.05, 0.1) is 12.2 Å². The number of hydrogen-bond donors (Lipinski definition) is 2. The van der Waals surface area contributed by atoms with Crippen molar-refractivity contribution in [2.45, 2.75) is 13.5 Å². The van der Waals surface area contributed by atoms with Crippen LogP contribution in [-0.4, -0.2) is 73.6 Å². The van der Waals surface area contributed by atoms with Gasteiger partial charge in [0, 0.05) is 51.9 Å². The van der Waals surface area contributed by atoms with Gasteiger partial charge in [-0.05, 0) is 18.7 Å². The Bertz CT molecular complexity index is 706. The summed E-state index contributed by atoms with van der Waals surface area (Å²) >= 11 is 0. The SMILES string of the molecule is CCN1CCN(CCNC(=NC)NCc2coc(-c3ccccc3)n2)CC1. The lowest BCUT2D eigenvalue weighted by atomic mass is 10.2. The van der Waals surface area contributed by atoms with Gasteiger partial charge in [-0.3, -0.25) is 9.89 Å². The molecule has 146 valence electrons. The molecule has 0 atom stereocenters. The van der Waals surface area contributed by atoms with Gasteiger partial charge in [0.2, 0.25) is 5.89 Å². The molecule has 27 heavy (non-hydrogen) atoms. The molecule has 7 nitrogen and oxygen atoms in total. The van der Waals surface area contributed by atoms with Crippen LogP contribution in [0.25, 0.3) is 11.5 Å². The fraction of sp³-hybridized carbons (Fsp3) is 0.500. The van der Waals surface area contributed by atoms with Crippen molar-refractivity contribution < 1.29 is 4.42 Å². The molecule has 0 spiro atoms. The Balaban J connectivity index is 1.39. The number of benzene rings is 1. The number of nitrogens with zero attached hydrogens (tertiary/aromatic N) is 4. The van der Waals surface area contributed by atoms with E-state index in [9.17, 15) is 0 Å². The highest BCUT2D eigenvalue weighted by Gasteiger charge is 2.14. The second-order valence-electron chi connectivity index (χ2n) is 6.64. The third-order valence-corrected chi connectivity index (χ3v) is 4.87. The van der Waals surface area contributed by atoms with Crippen LogP contribution in [0.5, 0.6) is 0 Å². The van der Waals surface area contributed by atoms with Gasteiger partial charge in [-0.1, -0.05) is 25.1 Å². The van der Waals surface area contributed by atoms with Crippen LogP contribution in [0.15, 0.2) is 46.0 Å². The molecule has 0 saturated carbocycles. The fourth-order valence-corrected chi connectivity index (χ4v) is 3.16. The number of nitrogens with one attached hydrogen (secondary N) is 2. The quantitative estimate of drug-likeness (QED) is 0.571. The minimum atomic E-state index is 0.575. The van der Waals surface area contributed by atoms with Crippen LogP contribution in [0.4, 0.5) is 0 Å². The first-order valence-corrected chi connectivity index (χ1v) is 9.67. The average molecular weight is 371 g/mol. The fourth-order valence-electron chi connectivity index (χ4n) is 3.16. The van der Waals surface area contributed by atoms with Crippen molar-refractivity contribution >= 4 is 5.96 Å². The van der Waals surface area contributed by atoms with E-state index in [4.69, 9.17) is 4.42 Å². The van der Waals surface area contributed by atoms with Crippen molar-refractivity contribution in [3.05, 3.63) is 42.3 Å². The summed E-state index contributed by atoms with van der Waals surface area (Å²) in [6.45, 7) is 10.5. The predicted octanol–water partition coefficient (Wildman–Crippen LogP) is 1.64. The number of aliphatic imine (C=N–C) groups is 1. The molecule has 1 aliphatic heterocycles. The highest BCUT2D eigenvalue weighted by molar-refractivity contribution is 5.79. The van der Waals surface area contributed by atoms with Crippen LogP contribution in [0.2, 0.25) is 0 Å². The monoisotopic (exact) mass is 370 g/mol. The van der Waals surface area contributed by atoms with Gasteiger partial charge < -0.3 is 20.0 Å². The third kappa shape index (κ3) is 5.80. The summed E-state index contributed by atoms with van der Waals surface area (Å²) in [7, 11) is 1.79. The molecule has 7 heteroatoms. The van der Waals surface area contributed by atoms with E-state index in [2.05, 4.69) is 37.3 Å². The molecule has 0 amide bonds. The number of piperazine rings is 1. The molecular formula is C20H30N6O. The number of oxazole rings is 1. The first-order valence-electron chi connectivity index (χ1n) is 9.67. The molecule has 0 radical (unpaired) electrons. The van der Waals surface area contributed by atoms with Crippen LogP contribution >= 0.6 is 0 Å². The zero-order valence-electron chi connectivity index (χ0n) is 16.3. The van der Waals surface area contributed by atoms with E-state index in [0.29, 0.717) is 12.4 Å². The highest BCUT2D eigenvalue weighted by Crippen LogP contribution is 2.17. The van der Waals surface area contributed by atoms with Gasteiger partial charge in [-0.15, -0.1) is 0 Å². The van der Waals surface area contributed by atoms with Crippen molar-refractivity contribution in [3.8, 4) is 11.5 Å². The zero-order chi connectivity index (χ0) is 18.9. The summed E-state index contributed by atoms with van der Waals surface area (Å²) in [6, 6.07) is 9.92. The average Bonchev–Trinajstić information content (AvgIpc) is 3.21. The lowest BCUT2D eigenvalue weighted by molar-refractivity contribution is 0.139. The molecule has 0 aliphatic carbocycles. The second-order valence-corrected chi connectivity index (χ2v) is 6.64. The number of aromatic nitrogens is 1. The normalized spacial score (nSPS) is 16.4. The Morgan fingerprint density at radius 3 is 2.56 bits per heavy atom. The number of guanidine groups is 1. The molecule has 3 rings (SSSR count). The van der Waals surface area contributed by atoms with Gasteiger partial charge in [-0.25, -0.2) is 4.98 Å². The first-order chi connectivity index (χ1) is 13.3. The molecular weight excluding hydrogens is 340 g/mol. The van der Waals surface area contributed by atoms with Crippen LogP contribution in [-0.2, 0) is 6.54 Å². The lowest BCUT2D eigenvalue weighted by Crippen LogP contribution is -2.49. The summed E-state index contributed by atoms with van der Waals surface area (Å²) in [4.78, 5) is 13.8. The Labute approximate surface area is 161 Å². The first kappa shape index (κ1) is 19.4. The highest BCUT2D eigenvalue weighted by atomic mass is 16.3. The number of rotatable bonds is 7. The van der Waals surface area contributed by atoms with E-state index in [0.717, 1.165) is 49.9 Å². The van der Waals surface area contributed by atoms with Gasteiger partial charge in [-0.2, -0.15) is 0 Å². The van der Waals surface area contributed by atoms with Crippen LogP contribution in [0.3, 0.4) is 0 Å². The van der Waals surface area contributed by atoms with Crippen molar-refractivity contribution in [1.82, 2.24) is 25.4 Å². The lowest BCUT2D eigenvalue weighted by Gasteiger charge is -2.34. The molecule has 1 aromatic heterocycles. The standard InChI is InChI=1S/C20H30N6O/c1-3-25-11-13-26(14-12-25)10-9-22-20(21-2)23-15-18-16-27-19(24-18)17-7-5-4-6-8-17/h4-8,16H,3,9-15H2,1-2H3,(H2,21,22,23). The van der Waals surface area contributed by atoms with Crippen molar-refractivity contribution in [1.29, 1.82) is 0 Å². The summed E-state index contributed by atoms with van der Waals surface area (Å²) < 4.78 is 5.57. The van der Waals surface area contributed by atoms with Gasteiger partial charge >= 0.3 is 0 Å². The van der Waals surface area contributed by atoms with Crippen molar-refractivity contribution in [3.63, 3.8) is 0 Å². The zero-order valence-corrected chi connectivity index (χ0v) is 16.3. The molecule has 0 unspecified atom stereocenters. The van der Waals surface area contributed by atoms with Crippen LogP contribution in [0, 0.1) is 0 Å². The Hall–Kier alpha value is -2.38. The molecule has 1 saturated heterocycles. The minimum Gasteiger partial charge on any atom is -0.444 e. The molecule has 2 aromatic rings. The summed E-state index contributed by atoms with van der Waals surface area (Å²) in [5.74, 6) is 1.42. The van der Waals surface area contributed by atoms with E-state index in [1.54, 1.807) is 13.3 Å². The second kappa shape index (κ2) is 10.1. The van der Waals surface area contributed by atoms with E-state index in [1.165, 1.54) is 13.1 Å². The number of likely N-dealkylation sites (N-methyl/N-ethyl adjacent to an activating group) is 1. The Morgan fingerprint density at radius 1 is 1.11 bits per heavy atom. The third-order valence-electron chi connectivity index (χ3n) is 4.87.